The maximum atomic E-state index is 9.48. The zero-order valence-electron chi connectivity index (χ0n) is 14.2. The molecular formula is C19H18ClN3OS. The van der Waals surface area contributed by atoms with Crippen molar-refractivity contribution in [3.8, 4) is 0 Å². The van der Waals surface area contributed by atoms with E-state index in [1.807, 2.05) is 63.2 Å². The smallest absolute Gasteiger partial charge is 0.147 e. The lowest BCUT2D eigenvalue weighted by Crippen LogP contribution is -2.04. The summed E-state index contributed by atoms with van der Waals surface area (Å²) in [6.07, 6.45) is 0. The minimum absolute atomic E-state index is 0.383. The third-order valence-electron chi connectivity index (χ3n) is 3.98. The van der Waals surface area contributed by atoms with Crippen molar-refractivity contribution in [2.75, 3.05) is 5.32 Å². The Morgan fingerprint density at radius 3 is 2.52 bits per heavy atom. The molecule has 1 heterocycles. The van der Waals surface area contributed by atoms with Crippen LogP contribution >= 0.6 is 22.9 Å². The molecular weight excluding hydrogens is 354 g/mol. The zero-order chi connectivity index (χ0) is 18.0. The molecule has 128 valence electrons. The monoisotopic (exact) mass is 371 g/mol. The van der Waals surface area contributed by atoms with E-state index in [9.17, 15) is 5.21 Å². The number of benzene rings is 2. The van der Waals surface area contributed by atoms with Crippen LogP contribution in [-0.2, 0) is 0 Å². The van der Waals surface area contributed by atoms with Crippen LogP contribution in [0.15, 0.2) is 47.6 Å². The van der Waals surface area contributed by atoms with Gasteiger partial charge in [-0.15, -0.1) is 11.3 Å². The van der Waals surface area contributed by atoms with Crippen molar-refractivity contribution in [2.24, 2.45) is 5.16 Å². The van der Waals surface area contributed by atoms with Crippen LogP contribution in [0.5, 0.6) is 0 Å². The van der Waals surface area contributed by atoms with Crippen LogP contribution in [0.1, 0.15) is 26.7 Å². The first-order valence-corrected chi connectivity index (χ1v) is 8.98. The Balaban J connectivity index is 1.92. The number of aryl methyl sites for hydroxylation is 3. The van der Waals surface area contributed by atoms with E-state index in [-0.39, 0.29) is 0 Å². The Hall–Kier alpha value is -2.37. The lowest BCUT2D eigenvalue weighted by molar-refractivity contribution is 0.319. The van der Waals surface area contributed by atoms with Gasteiger partial charge in [0.25, 0.3) is 0 Å². The number of oxime groups is 1. The van der Waals surface area contributed by atoms with Crippen LogP contribution in [0, 0.1) is 20.8 Å². The predicted octanol–water partition coefficient (Wildman–Crippen LogP) is 5.69. The first-order chi connectivity index (χ1) is 12.0. The molecule has 3 aromatic rings. The third-order valence-corrected chi connectivity index (χ3v) is 5.37. The molecule has 1 aromatic heterocycles. The third kappa shape index (κ3) is 3.67. The summed E-state index contributed by atoms with van der Waals surface area (Å²) >= 11 is 7.93. The summed E-state index contributed by atoms with van der Waals surface area (Å²) in [4.78, 5) is 5.54. The molecule has 2 N–H and O–H groups in total. The average molecular weight is 372 g/mol. The van der Waals surface area contributed by atoms with E-state index in [2.05, 4.69) is 15.5 Å². The van der Waals surface area contributed by atoms with Gasteiger partial charge in [0, 0.05) is 21.8 Å². The topological polar surface area (TPSA) is 57.5 Å². The molecule has 4 nitrogen and oxygen atoms in total. The summed E-state index contributed by atoms with van der Waals surface area (Å²) in [6.45, 7) is 5.96. The Kier molecular flexibility index (Phi) is 5.06. The minimum Gasteiger partial charge on any atom is -0.410 e. The van der Waals surface area contributed by atoms with Crippen LogP contribution < -0.4 is 5.32 Å². The number of aromatic nitrogens is 1. The SMILES string of the molecule is Cc1ccccc1Nc1ccc(C(=NO)c2nc(C)c(C)s2)c(Cl)c1. The standard InChI is InChI=1S/C19H18ClN3OS/c1-11-6-4-5-7-17(11)22-14-8-9-15(16(20)10-14)18(23-24)19-21-12(2)13(3)25-19/h4-10,22,24H,1-3H3. The van der Waals surface area contributed by atoms with E-state index in [1.165, 1.54) is 11.3 Å². The maximum Gasteiger partial charge on any atom is 0.147 e. The molecule has 0 aliphatic rings. The second-order valence-electron chi connectivity index (χ2n) is 5.74. The number of halogens is 1. The predicted molar refractivity (Wildman–Crippen MR) is 105 cm³/mol. The minimum atomic E-state index is 0.383. The second-order valence-corrected chi connectivity index (χ2v) is 7.35. The Morgan fingerprint density at radius 1 is 1.16 bits per heavy atom. The summed E-state index contributed by atoms with van der Waals surface area (Å²) in [5.41, 5.74) is 4.99. The van der Waals surface area contributed by atoms with Gasteiger partial charge >= 0.3 is 0 Å². The largest absolute Gasteiger partial charge is 0.410 e. The summed E-state index contributed by atoms with van der Waals surface area (Å²) in [7, 11) is 0. The van der Waals surface area contributed by atoms with Gasteiger partial charge in [0.2, 0.25) is 0 Å². The van der Waals surface area contributed by atoms with Crippen molar-refractivity contribution in [3.63, 3.8) is 0 Å². The molecule has 0 bridgehead atoms. The first-order valence-electron chi connectivity index (χ1n) is 7.78. The fourth-order valence-corrected chi connectivity index (χ4v) is 3.62. The lowest BCUT2D eigenvalue weighted by atomic mass is 10.1. The van der Waals surface area contributed by atoms with E-state index >= 15 is 0 Å². The normalized spacial score (nSPS) is 11.6. The van der Waals surface area contributed by atoms with Crippen molar-refractivity contribution in [1.82, 2.24) is 4.98 Å². The van der Waals surface area contributed by atoms with E-state index < -0.39 is 0 Å². The highest BCUT2D eigenvalue weighted by atomic mass is 35.5. The van der Waals surface area contributed by atoms with Crippen molar-refractivity contribution < 1.29 is 5.21 Å². The summed E-state index contributed by atoms with van der Waals surface area (Å²) in [6, 6.07) is 13.6. The van der Waals surface area contributed by atoms with Gasteiger partial charge in [-0.05, 0) is 50.6 Å². The van der Waals surface area contributed by atoms with Crippen molar-refractivity contribution in [1.29, 1.82) is 0 Å². The number of para-hydroxylation sites is 1. The van der Waals surface area contributed by atoms with E-state index in [0.29, 0.717) is 21.3 Å². The van der Waals surface area contributed by atoms with Crippen LogP contribution in [0.2, 0.25) is 5.02 Å². The summed E-state index contributed by atoms with van der Waals surface area (Å²) in [5.74, 6) is 0. The molecule has 2 aromatic carbocycles. The molecule has 0 unspecified atom stereocenters. The second kappa shape index (κ2) is 7.25. The van der Waals surface area contributed by atoms with Gasteiger partial charge in [-0.25, -0.2) is 4.98 Å². The Labute approximate surface area is 155 Å². The molecule has 0 amide bonds. The molecule has 25 heavy (non-hydrogen) atoms. The van der Waals surface area contributed by atoms with Crippen LogP contribution in [-0.4, -0.2) is 15.9 Å². The number of anilines is 2. The first kappa shape index (κ1) is 17.5. The van der Waals surface area contributed by atoms with Gasteiger partial charge in [-0.2, -0.15) is 0 Å². The van der Waals surface area contributed by atoms with Gasteiger partial charge in [-0.3, -0.25) is 0 Å². The molecule has 6 heteroatoms. The van der Waals surface area contributed by atoms with Crippen LogP contribution in [0.25, 0.3) is 0 Å². The molecule has 0 fully saturated rings. The number of hydrogen-bond donors (Lipinski definition) is 2. The van der Waals surface area contributed by atoms with Gasteiger partial charge in [-0.1, -0.05) is 35.0 Å². The van der Waals surface area contributed by atoms with Gasteiger partial charge in [0.05, 0.1) is 10.7 Å². The maximum absolute atomic E-state index is 9.48. The van der Waals surface area contributed by atoms with E-state index in [1.54, 1.807) is 0 Å². The highest BCUT2D eigenvalue weighted by Gasteiger charge is 2.17. The zero-order valence-corrected chi connectivity index (χ0v) is 15.7. The Morgan fingerprint density at radius 2 is 1.92 bits per heavy atom. The highest BCUT2D eigenvalue weighted by molar-refractivity contribution is 7.14. The quantitative estimate of drug-likeness (QED) is 0.351. The fraction of sp³-hybridized carbons (Fsp3) is 0.158. The molecule has 0 radical (unpaired) electrons. The number of nitrogens with zero attached hydrogens (tertiary/aromatic N) is 2. The molecule has 0 saturated carbocycles. The lowest BCUT2D eigenvalue weighted by Gasteiger charge is -2.11. The molecule has 0 aliphatic carbocycles. The van der Waals surface area contributed by atoms with Crippen molar-refractivity contribution in [3.05, 3.63) is 74.2 Å². The summed E-state index contributed by atoms with van der Waals surface area (Å²) < 4.78 is 0. The Bertz CT molecular complexity index is 930. The van der Waals surface area contributed by atoms with Crippen molar-refractivity contribution in [2.45, 2.75) is 20.8 Å². The van der Waals surface area contributed by atoms with E-state index in [4.69, 9.17) is 11.6 Å². The number of thiazole rings is 1. The van der Waals surface area contributed by atoms with Crippen LogP contribution in [0.3, 0.4) is 0 Å². The van der Waals surface area contributed by atoms with Gasteiger partial charge in [0.15, 0.2) is 0 Å². The molecule has 0 spiro atoms. The van der Waals surface area contributed by atoms with Crippen LogP contribution in [0.4, 0.5) is 11.4 Å². The number of rotatable bonds is 4. The molecule has 0 aliphatic heterocycles. The van der Waals surface area contributed by atoms with Crippen molar-refractivity contribution >= 4 is 40.0 Å². The van der Waals surface area contributed by atoms with Gasteiger partial charge < -0.3 is 10.5 Å². The average Bonchev–Trinajstić information content (AvgIpc) is 2.91. The summed E-state index contributed by atoms with van der Waals surface area (Å²) in [5, 5.41) is 17.4. The fourth-order valence-electron chi connectivity index (χ4n) is 2.44. The molecule has 3 rings (SSSR count). The highest BCUT2D eigenvalue weighted by Crippen LogP contribution is 2.28. The molecule has 0 saturated heterocycles. The number of hydrogen-bond acceptors (Lipinski definition) is 5. The molecule has 0 atom stereocenters. The number of nitrogens with one attached hydrogen (secondary N) is 1. The van der Waals surface area contributed by atoms with E-state index in [0.717, 1.165) is 27.5 Å². The van der Waals surface area contributed by atoms with Gasteiger partial charge in [0.1, 0.15) is 10.7 Å².